The molecule has 7 nitrogen and oxygen atoms in total. The van der Waals surface area contributed by atoms with E-state index in [1.165, 1.54) is 19.0 Å². The smallest absolute Gasteiger partial charge is 0.279 e. The Morgan fingerprint density at radius 1 is 1.32 bits per heavy atom. The second kappa shape index (κ2) is 7.67. The zero-order chi connectivity index (χ0) is 18.8. The van der Waals surface area contributed by atoms with Crippen molar-refractivity contribution in [2.45, 2.75) is 18.6 Å². The minimum Gasteiger partial charge on any atom is -0.378 e. The molecule has 0 bridgehead atoms. The zero-order valence-corrected chi connectivity index (χ0v) is 15.8. The summed E-state index contributed by atoms with van der Waals surface area (Å²) < 4.78 is 41.0. The van der Waals surface area contributed by atoms with E-state index in [4.69, 9.17) is 0 Å². The Kier molecular flexibility index (Phi) is 6.02. The predicted octanol–water partition coefficient (Wildman–Crippen LogP) is 0.701. The van der Waals surface area contributed by atoms with Crippen LogP contribution in [0.1, 0.15) is 16.8 Å². The van der Waals surface area contributed by atoms with E-state index in [1.807, 2.05) is 25.1 Å². The van der Waals surface area contributed by atoms with Crippen LogP contribution in [0.15, 0.2) is 24.3 Å². The van der Waals surface area contributed by atoms with Crippen LogP contribution >= 0.6 is 0 Å². The molecule has 0 saturated carbocycles. The highest BCUT2D eigenvalue weighted by Gasteiger charge is 2.36. The van der Waals surface area contributed by atoms with Gasteiger partial charge in [-0.3, -0.25) is 4.79 Å². The second-order valence-electron chi connectivity index (χ2n) is 6.52. The lowest BCUT2D eigenvalue weighted by Crippen LogP contribution is -2.45. The molecule has 9 heteroatoms. The van der Waals surface area contributed by atoms with Gasteiger partial charge in [0.25, 0.3) is 16.1 Å². The van der Waals surface area contributed by atoms with Crippen molar-refractivity contribution >= 4 is 21.8 Å². The summed E-state index contributed by atoms with van der Waals surface area (Å²) in [7, 11) is 2.94. The number of carbonyl (C=O) groups is 1. The first kappa shape index (κ1) is 19.6. The normalized spacial score (nSPS) is 21.0. The fourth-order valence-corrected chi connectivity index (χ4v) is 3.38. The van der Waals surface area contributed by atoms with Crippen molar-refractivity contribution in [2.24, 2.45) is 0 Å². The highest BCUT2D eigenvalue weighted by molar-refractivity contribution is 7.87. The number of anilines is 1. The molecule has 1 fully saturated rings. The molecule has 1 aromatic rings. The fourth-order valence-electron chi connectivity index (χ4n) is 2.72. The molecular formula is C16H25FN4O3S. The van der Waals surface area contributed by atoms with Gasteiger partial charge in [0.1, 0.15) is 6.17 Å². The highest BCUT2D eigenvalue weighted by atomic mass is 32.2. The minimum atomic E-state index is -3.62. The summed E-state index contributed by atoms with van der Waals surface area (Å²) in [4.78, 5) is 16.1. The first-order valence-corrected chi connectivity index (χ1v) is 9.45. The Balaban J connectivity index is 2.15. The number of alkyl halides is 1. The third-order valence-corrected chi connectivity index (χ3v) is 5.71. The van der Waals surface area contributed by atoms with Gasteiger partial charge in [0.05, 0.1) is 6.54 Å². The summed E-state index contributed by atoms with van der Waals surface area (Å²) >= 11 is 0. The van der Waals surface area contributed by atoms with Gasteiger partial charge in [-0.1, -0.05) is 6.07 Å². The van der Waals surface area contributed by atoms with E-state index in [9.17, 15) is 17.6 Å². The lowest BCUT2D eigenvalue weighted by Gasteiger charge is -2.25. The summed E-state index contributed by atoms with van der Waals surface area (Å²) in [5.74, 6) is -0.294. The number of hydrogen-bond acceptors (Lipinski definition) is 4. The minimum absolute atomic E-state index is 0.0138. The molecule has 0 spiro atoms. The van der Waals surface area contributed by atoms with Gasteiger partial charge >= 0.3 is 0 Å². The van der Waals surface area contributed by atoms with Gasteiger partial charge in [-0.2, -0.15) is 12.7 Å². The number of nitrogens with zero attached hydrogens (tertiary/aromatic N) is 3. The molecule has 1 heterocycles. The van der Waals surface area contributed by atoms with Crippen LogP contribution in [0.25, 0.3) is 0 Å². The number of amides is 1. The van der Waals surface area contributed by atoms with Crippen molar-refractivity contribution in [3.05, 3.63) is 29.8 Å². The van der Waals surface area contributed by atoms with Crippen molar-refractivity contribution in [2.75, 3.05) is 46.2 Å². The van der Waals surface area contributed by atoms with Gasteiger partial charge in [0.2, 0.25) is 0 Å². The van der Waals surface area contributed by atoms with Crippen LogP contribution in [0.4, 0.5) is 10.1 Å². The third kappa shape index (κ3) is 4.68. The first-order valence-electron chi connectivity index (χ1n) is 8.01. The molecular weight excluding hydrogens is 347 g/mol. The Morgan fingerprint density at radius 2 is 2.00 bits per heavy atom. The van der Waals surface area contributed by atoms with Crippen LogP contribution in [0.2, 0.25) is 0 Å². The number of rotatable bonds is 6. The lowest BCUT2D eigenvalue weighted by atomic mass is 10.1. The molecule has 25 heavy (non-hydrogen) atoms. The number of halogens is 1. The van der Waals surface area contributed by atoms with Crippen molar-refractivity contribution < 1.29 is 17.6 Å². The van der Waals surface area contributed by atoms with E-state index >= 15 is 0 Å². The molecule has 1 amide bonds. The fraction of sp³-hybridized carbons (Fsp3) is 0.562. The molecule has 1 aliphatic heterocycles. The van der Waals surface area contributed by atoms with E-state index in [2.05, 4.69) is 4.72 Å². The maximum absolute atomic E-state index is 13.9. The molecule has 2 rings (SSSR count). The molecule has 1 N–H and O–H groups in total. The zero-order valence-electron chi connectivity index (χ0n) is 14.9. The monoisotopic (exact) mass is 372 g/mol. The number of hydrogen-bond donors (Lipinski definition) is 1. The summed E-state index contributed by atoms with van der Waals surface area (Å²) in [6, 6.07) is 6.56. The third-order valence-electron chi connectivity index (χ3n) is 4.22. The van der Waals surface area contributed by atoms with E-state index in [0.29, 0.717) is 5.56 Å². The maximum atomic E-state index is 13.9. The Bertz CT molecular complexity index is 724. The highest BCUT2D eigenvalue weighted by Crippen LogP contribution is 2.24. The summed E-state index contributed by atoms with van der Waals surface area (Å²) in [6.07, 6.45) is -1.04. The molecule has 1 aromatic carbocycles. The number of nitrogens with one attached hydrogen (secondary N) is 1. The van der Waals surface area contributed by atoms with Crippen LogP contribution in [0.5, 0.6) is 0 Å². The molecule has 140 valence electrons. The summed E-state index contributed by atoms with van der Waals surface area (Å²) in [6.45, 7) is -0.0422. The van der Waals surface area contributed by atoms with Crippen LogP contribution in [0, 0.1) is 0 Å². The molecule has 1 saturated heterocycles. The lowest BCUT2D eigenvalue weighted by molar-refractivity contribution is 0.0731. The molecule has 0 aromatic heterocycles. The van der Waals surface area contributed by atoms with E-state index in [-0.39, 0.29) is 25.4 Å². The molecule has 0 radical (unpaired) electrons. The average molecular weight is 372 g/mol. The predicted molar refractivity (Wildman–Crippen MR) is 95.7 cm³/mol. The largest absolute Gasteiger partial charge is 0.378 e. The van der Waals surface area contributed by atoms with Gasteiger partial charge in [-0.25, -0.2) is 9.11 Å². The summed E-state index contributed by atoms with van der Waals surface area (Å²) in [5.41, 5.74) is 1.33. The van der Waals surface area contributed by atoms with Gasteiger partial charge in [-0.05, 0) is 18.2 Å². The van der Waals surface area contributed by atoms with Crippen LogP contribution in [-0.4, -0.2) is 77.0 Å². The molecule has 2 atom stereocenters. The number of benzene rings is 1. The Hall–Kier alpha value is -1.71. The SMILES string of the molecule is CN(C)c1cccc(C(=O)N2C[C@@H](F)C[C@H]2CNS(=O)(=O)N(C)C)c1. The van der Waals surface area contributed by atoms with E-state index in [1.54, 1.807) is 18.2 Å². The van der Waals surface area contributed by atoms with Crippen molar-refractivity contribution in [1.82, 2.24) is 13.9 Å². The van der Waals surface area contributed by atoms with Crippen molar-refractivity contribution in [3.8, 4) is 0 Å². The van der Waals surface area contributed by atoms with Crippen LogP contribution in [0.3, 0.4) is 0 Å². The number of likely N-dealkylation sites (tertiary alicyclic amines) is 1. The molecule has 0 aliphatic carbocycles. The molecule has 0 unspecified atom stereocenters. The standard InChI is InChI=1S/C16H25FN4O3S/c1-19(2)14-7-5-6-12(8-14)16(22)21-11-13(17)9-15(21)10-18-25(23,24)20(3)4/h5-8,13,15,18H,9-11H2,1-4H3/t13-,15-/m0/s1. The molecule has 1 aliphatic rings. The van der Waals surface area contributed by atoms with Gasteiger partial charge in [0.15, 0.2) is 0 Å². The van der Waals surface area contributed by atoms with Crippen molar-refractivity contribution in [1.29, 1.82) is 0 Å². The van der Waals surface area contributed by atoms with Crippen molar-refractivity contribution in [3.63, 3.8) is 0 Å². The van der Waals surface area contributed by atoms with Gasteiger partial charge in [0, 0.05) is 58.4 Å². The van der Waals surface area contributed by atoms with Gasteiger partial charge in [-0.15, -0.1) is 0 Å². The van der Waals surface area contributed by atoms with E-state index in [0.717, 1.165) is 9.99 Å². The van der Waals surface area contributed by atoms with Crippen LogP contribution in [-0.2, 0) is 10.2 Å². The van der Waals surface area contributed by atoms with E-state index < -0.39 is 22.4 Å². The Morgan fingerprint density at radius 3 is 2.60 bits per heavy atom. The quantitative estimate of drug-likeness (QED) is 0.798. The number of carbonyl (C=O) groups excluding carboxylic acids is 1. The van der Waals surface area contributed by atoms with Crippen LogP contribution < -0.4 is 9.62 Å². The van der Waals surface area contributed by atoms with Gasteiger partial charge < -0.3 is 9.80 Å². The maximum Gasteiger partial charge on any atom is 0.279 e. The summed E-state index contributed by atoms with van der Waals surface area (Å²) in [5, 5.41) is 0. The topological polar surface area (TPSA) is 73.0 Å². The first-order chi connectivity index (χ1) is 11.6. The average Bonchev–Trinajstić information content (AvgIpc) is 2.93. The Labute approximate surface area is 148 Å². The second-order valence-corrected chi connectivity index (χ2v) is 8.49.